The molecule has 0 aromatic heterocycles. The van der Waals surface area contributed by atoms with Gasteiger partial charge in [0.05, 0.1) is 22.2 Å². The lowest BCUT2D eigenvalue weighted by Gasteiger charge is -2.24. The first-order chi connectivity index (χ1) is 14.4. The van der Waals surface area contributed by atoms with Gasteiger partial charge in [-0.15, -0.1) is 0 Å². The van der Waals surface area contributed by atoms with E-state index in [4.69, 9.17) is 5.26 Å². The van der Waals surface area contributed by atoms with Gasteiger partial charge in [0, 0.05) is 17.3 Å². The molecule has 0 spiro atoms. The van der Waals surface area contributed by atoms with Crippen LogP contribution in [-0.2, 0) is 16.4 Å². The number of fused-ring (bicyclic) bond motifs is 1. The van der Waals surface area contributed by atoms with Crippen molar-refractivity contribution in [2.45, 2.75) is 24.3 Å². The summed E-state index contributed by atoms with van der Waals surface area (Å²) >= 11 is 0. The molecule has 30 heavy (non-hydrogen) atoms. The molecule has 0 bridgehead atoms. The molecule has 1 N–H and O–H groups in total. The fourth-order valence-electron chi connectivity index (χ4n) is 3.69. The highest BCUT2D eigenvalue weighted by Gasteiger charge is 2.36. The molecule has 0 unspecified atom stereocenters. The number of hydrogen-bond acceptors (Lipinski definition) is 4. The summed E-state index contributed by atoms with van der Waals surface area (Å²) in [4.78, 5) is 12.9. The van der Waals surface area contributed by atoms with Crippen LogP contribution in [-0.4, -0.2) is 20.4 Å². The summed E-state index contributed by atoms with van der Waals surface area (Å²) in [6.45, 7) is 1.85. The fraction of sp³-hybridized carbons (Fsp3) is 0.130. The first-order valence-electron chi connectivity index (χ1n) is 9.44. The summed E-state index contributed by atoms with van der Waals surface area (Å²) in [5, 5.41) is 11.8. The Bertz CT molecular complexity index is 1260. The van der Waals surface area contributed by atoms with Gasteiger partial charge in [0.15, 0.2) is 0 Å². The van der Waals surface area contributed by atoms with Gasteiger partial charge in [0.25, 0.3) is 15.9 Å². The van der Waals surface area contributed by atoms with Crippen molar-refractivity contribution in [1.82, 2.24) is 0 Å². The van der Waals surface area contributed by atoms with Crippen molar-refractivity contribution in [2.24, 2.45) is 0 Å². The average Bonchev–Trinajstić information content (AvgIpc) is 3.10. The second-order valence-electron chi connectivity index (χ2n) is 7.16. The van der Waals surface area contributed by atoms with Gasteiger partial charge < -0.3 is 5.32 Å². The van der Waals surface area contributed by atoms with Gasteiger partial charge >= 0.3 is 0 Å². The zero-order valence-corrected chi connectivity index (χ0v) is 17.1. The summed E-state index contributed by atoms with van der Waals surface area (Å²) in [6.07, 6.45) is 0.520. The van der Waals surface area contributed by atoms with E-state index in [0.29, 0.717) is 28.9 Å². The quantitative estimate of drug-likeness (QED) is 0.696. The van der Waals surface area contributed by atoms with Crippen LogP contribution >= 0.6 is 0 Å². The van der Waals surface area contributed by atoms with Gasteiger partial charge in [0.2, 0.25) is 0 Å². The van der Waals surface area contributed by atoms with E-state index in [1.54, 1.807) is 72.8 Å². The second-order valence-corrected chi connectivity index (χ2v) is 8.97. The minimum atomic E-state index is -3.69. The number of amides is 1. The molecular formula is C23H19N3O3S. The van der Waals surface area contributed by atoms with Gasteiger partial charge in [-0.1, -0.05) is 24.3 Å². The molecule has 3 aromatic carbocycles. The first kappa shape index (κ1) is 19.7. The number of nitrogens with one attached hydrogen (secondary N) is 1. The molecule has 4 rings (SSSR count). The molecule has 0 aliphatic carbocycles. The molecule has 0 saturated heterocycles. The molecule has 1 heterocycles. The third-order valence-electron chi connectivity index (χ3n) is 5.04. The van der Waals surface area contributed by atoms with E-state index >= 15 is 0 Å². The van der Waals surface area contributed by atoms with Crippen LogP contribution in [0.5, 0.6) is 0 Å². The van der Waals surface area contributed by atoms with Gasteiger partial charge in [-0.25, -0.2) is 8.42 Å². The molecule has 1 aliphatic rings. The van der Waals surface area contributed by atoms with Crippen LogP contribution in [0.2, 0.25) is 0 Å². The maximum absolute atomic E-state index is 13.1. The highest BCUT2D eigenvalue weighted by molar-refractivity contribution is 7.92. The summed E-state index contributed by atoms with van der Waals surface area (Å²) in [5.74, 6) is -0.315. The second kappa shape index (κ2) is 7.65. The van der Waals surface area contributed by atoms with E-state index in [1.807, 2.05) is 13.0 Å². The van der Waals surface area contributed by atoms with Crippen molar-refractivity contribution in [3.05, 3.63) is 89.5 Å². The van der Waals surface area contributed by atoms with Crippen LogP contribution in [0.4, 0.5) is 11.4 Å². The monoisotopic (exact) mass is 417 g/mol. The minimum absolute atomic E-state index is 0.240. The Balaban J connectivity index is 1.63. The van der Waals surface area contributed by atoms with E-state index in [9.17, 15) is 13.2 Å². The van der Waals surface area contributed by atoms with Gasteiger partial charge in [-0.2, -0.15) is 5.26 Å². The van der Waals surface area contributed by atoms with Gasteiger partial charge in [0.1, 0.15) is 0 Å². The summed E-state index contributed by atoms with van der Waals surface area (Å²) < 4.78 is 27.7. The van der Waals surface area contributed by atoms with Crippen molar-refractivity contribution in [1.29, 1.82) is 5.26 Å². The van der Waals surface area contributed by atoms with Crippen LogP contribution in [0.1, 0.15) is 28.4 Å². The maximum Gasteiger partial charge on any atom is 0.264 e. The molecule has 1 aliphatic heterocycles. The van der Waals surface area contributed by atoms with Crippen molar-refractivity contribution in [3.8, 4) is 6.07 Å². The fourth-order valence-corrected chi connectivity index (χ4v) is 5.40. The number of nitrogens with zero attached hydrogens (tertiary/aromatic N) is 2. The van der Waals surface area contributed by atoms with Crippen LogP contribution in [0.25, 0.3) is 0 Å². The van der Waals surface area contributed by atoms with E-state index in [1.165, 1.54) is 4.31 Å². The minimum Gasteiger partial charge on any atom is -0.322 e. The zero-order chi connectivity index (χ0) is 21.3. The number of benzene rings is 3. The highest BCUT2D eigenvalue weighted by atomic mass is 32.2. The zero-order valence-electron chi connectivity index (χ0n) is 16.2. The van der Waals surface area contributed by atoms with Crippen LogP contribution in [0.15, 0.2) is 77.7 Å². The summed E-state index contributed by atoms with van der Waals surface area (Å²) in [7, 11) is -3.69. The number of rotatable bonds is 4. The molecule has 0 saturated carbocycles. The largest absolute Gasteiger partial charge is 0.322 e. The molecule has 7 heteroatoms. The van der Waals surface area contributed by atoms with Crippen LogP contribution in [0.3, 0.4) is 0 Å². The number of anilines is 2. The predicted molar refractivity (Wildman–Crippen MR) is 115 cm³/mol. The van der Waals surface area contributed by atoms with E-state index < -0.39 is 10.0 Å². The molecule has 0 fully saturated rings. The molecular weight excluding hydrogens is 398 g/mol. The number of hydrogen-bond donors (Lipinski definition) is 1. The van der Waals surface area contributed by atoms with E-state index in [0.717, 1.165) is 5.56 Å². The van der Waals surface area contributed by atoms with Gasteiger partial charge in [-0.3, -0.25) is 9.10 Å². The Kier molecular flexibility index (Phi) is 5.02. The Morgan fingerprint density at radius 1 is 1.07 bits per heavy atom. The standard InChI is InChI=1S/C23H19N3O3S/c1-16-12-19-14-18(23(27)25-20-7-5-6-17(13-20)15-24)10-11-22(19)26(16)30(28,29)21-8-3-2-4-9-21/h2-11,13-14,16H,12H2,1H3,(H,25,27)/t16-/m0/s1. The number of carbonyl (C=O) groups is 1. The Morgan fingerprint density at radius 2 is 1.83 bits per heavy atom. The maximum atomic E-state index is 13.1. The Labute approximate surface area is 175 Å². The molecule has 0 radical (unpaired) electrons. The van der Waals surface area contributed by atoms with Crippen molar-refractivity contribution >= 4 is 27.3 Å². The van der Waals surface area contributed by atoms with Crippen LogP contribution in [0, 0.1) is 11.3 Å². The predicted octanol–water partition coefficient (Wildman–Crippen LogP) is 3.95. The number of nitriles is 1. The summed E-state index contributed by atoms with van der Waals surface area (Å²) in [5.41, 5.74) is 2.82. The highest BCUT2D eigenvalue weighted by Crippen LogP contribution is 2.37. The smallest absolute Gasteiger partial charge is 0.264 e. The van der Waals surface area contributed by atoms with Crippen molar-refractivity contribution in [2.75, 3.05) is 9.62 Å². The molecule has 6 nitrogen and oxygen atoms in total. The lowest BCUT2D eigenvalue weighted by atomic mass is 10.1. The summed E-state index contributed by atoms with van der Waals surface area (Å²) in [6, 6.07) is 21.8. The molecule has 150 valence electrons. The third-order valence-corrected chi connectivity index (χ3v) is 6.99. The normalized spacial score (nSPS) is 15.3. The lowest BCUT2D eigenvalue weighted by molar-refractivity contribution is 0.102. The van der Waals surface area contributed by atoms with E-state index in [-0.39, 0.29) is 16.8 Å². The van der Waals surface area contributed by atoms with Gasteiger partial charge in [-0.05, 0) is 67.4 Å². The molecule has 1 amide bonds. The SMILES string of the molecule is C[C@H]1Cc2cc(C(=O)Nc3cccc(C#N)c3)ccc2N1S(=O)(=O)c1ccccc1. The number of carbonyl (C=O) groups excluding carboxylic acids is 1. The molecule has 3 aromatic rings. The average molecular weight is 417 g/mol. The topological polar surface area (TPSA) is 90.3 Å². The molecule has 1 atom stereocenters. The van der Waals surface area contributed by atoms with Crippen molar-refractivity contribution in [3.63, 3.8) is 0 Å². The Morgan fingerprint density at radius 3 is 2.57 bits per heavy atom. The van der Waals surface area contributed by atoms with E-state index in [2.05, 4.69) is 5.32 Å². The van der Waals surface area contributed by atoms with Crippen LogP contribution < -0.4 is 9.62 Å². The number of sulfonamides is 1. The first-order valence-corrected chi connectivity index (χ1v) is 10.9. The lowest BCUT2D eigenvalue weighted by Crippen LogP contribution is -2.35. The van der Waals surface area contributed by atoms with Crippen molar-refractivity contribution < 1.29 is 13.2 Å². The Hall–Kier alpha value is -3.63. The third kappa shape index (κ3) is 3.53.